The molecule has 0 saturated heterocycles. The van der Waals surface area contributed by atoms with Crippen LogP contribution in [0.3, 0.4) is 0 Å². The summed E-state index contributed by atoms with van der Waals surface area (Å²) in [5.41, 5.74) is 6.77. The van der Waals surface area contributed by atoms with Crippen molar-refractivity contribution in [2.24, 2.45) is 0 Å². The van der Waals surface area contributed by atoms with E-state index >= 15 is 0 Å². The van der Waals surface area contributed by atoms with Gasteiger partial charge in [-0.1, -0.05) is 6.07 Å². The molecule has 0 radical (unpaired) electrons. The minimum Gasteiger partial charge on any atom is -0.399 e. The van der Waals surface area contributed by atoms with Crippen LogP contribution in [0.4, 0.5) is 11.4 Å². The SMILES string of the molecule is CCN(C(=O)CS(C)(=O)=O)c1cccc(N)c1. The number of nitrogens with two attached hydrogens (primary N) is 1. The number of anilines is 2. The molecule has 6 heteroatoms. The van der Waals surface area contributed by atoms with Gasteiger partial charge < -0.3 is 10.6 Å². The van der Waals surface area contributed by atoms with E-state index in [-0.39, 0.29) is 0 Å². The Morgan fingerprint density at radius 1 is 1.41 bits per heavy atom. The molecule has 0 aliphatic carbocycles. The molecular formula is C11H16N2O3S. The molecule has 94 valence electrons. The number of benzene rings is 1. The van der Waals surface area contributed by atoms with Crippen LogP contribution >= 0.6 is 0 Å². The average molecular weight is 256 g/mol. The van der Waals surface area contributed by atoms with Crippen LogP contribution in [0.1, 0.15) is 6.92 Å². The molecule has 0 unspecified atom stereocenters. The van der Waals surface area contributed by atoms with E-state index < -0.39 is 21.5 Å². The van der Waals surface area contributed by atoms with E-state index in [1.54, 1.807) is 31.2 Å². The molecule has 1 aromatic rings. The molecule has 0 heterocycles. The van der Waals surface area contributed by atoms with Gasteiger partial charge in [-0.2, -0.15) is 0 Å². The predicted molar refractivity (Wildman–Crippen MR) is 68.6 cm³/mol. The molecule has 1 rings (SSSR count). The summed E-state index contributed by atoms with van der Waals surface area (Å²) in [6.07, 6.45) is 1.04. The first kappa shape index (κ1) is 13.5. The first-order chi connectivity index (χ1) is 7.83. The highest BCUT2D eigenvalue weighted by molar-refractivity contribution is 7.91. The van der Waals surface area contributed by atoms with Crippen LogP contribution in [0, 0.1) is 0 Å². The number of rotatable bonds is 4. The molecule has 5 nitrogen and oxygen atoms in total. The van der Waals surface area contributed by atoms with Crippen molar-refractivity contribution in [2.45, 2.75) is 6.92 Å². The Morgan fingerprint density at radius 3 is 2.53 bits per heavy atom. The van der Waals surface area contributed by atoms with Gasteiger partial charge in [0, 0.05) is 24.2 Å². The molecular weight excluding hydrogens is 240 g/mol. The summed E-state index contributed by atoms with van der Waals surface area (Å²) in [5.74, 6) is -0.934. The number of hydrogen-bond acceptors (Lipinski definition) is 4. The Kier molecular flexibility index (Phi) is 4.11. The number of carbonyl (C=O) groups is 1. The third-order valence-corrected chi connectivity index (χ3v) is 2.96. The van der Waals surface area contributed by atoms with Gasteiger partial charge in [0.25, 0.3) is 0 Å². The van der Waals surface area contributed by atoms with Crippen LogP contribution in [-0.4, -0.2) is 32.9 Å². The maximum absolute atomic E-state index is 11.8. The number of hydrogen-bond donors (Lipinski definition) is 1. The van der Waals surface area contributed by atoms with Crippen LogP contribution in [-0.2, 0) is 14.6 Å². The molecule has 0 aliphatic heterocycles. The quantitative estimate of drug-likeness (QED) is 0.803. The minimum absolute atomic E-state index is 0.401. The maximum atomic E-state index is 11.8. The number of nitrogen functional groups attached to an aromatic ring is 1. The first-order valence-corrected chi connectivity index (χ1v) is 7.23. The van der Waals surface area contributed by atoms with E-state index in [1.165, 1.54) is 4.90 Å². The summed E-state index contributed by atoms with van der Waals surface area (Å²) in [6.45, 7) is 2.18. The van der Waals surface area contributed by atoms with Crippen molar-refractivity contribution in [1.82, 2.24) is 0 Å². The lowest BCUT2D eigenvalue weighted by molar-refractivity contribution is -0.116. The van der Waals surface area contributed by atoms with Crippen molar-refractivity contribution in [3.8, 4) is 0 Å². The first-order valence-electron chi connectivity index (χ1n) is 5.17. The number of amides is 1. The van der Waals surface area contributed by atoms with E-state index in [1.807, 2.05) is 0 Å². The van der Waals surface area contributed by atoms with Crippen molar-refractivity contribution in [2.75, 3.05) is 29.2 Å². The van der Waals surface area contributed by atoms with E-state index in [4.69, 9.17) is 5.73 Å². The van der Waals surface area contributed by atoms with Gasteiger partial charge in [0.15, 0.2) is 9.84 Å². The van der Waals surface area contributed by atoms with E-state index in [9.17, 15) is 13.2 Å². The largest absolute Gasteiger partial charge is 0.399 e. The highest BCUT2D eigenvalue weighted by atomic mass is 32.2. The summed E-state index contributed by atoms with van der Waals surface area (Å²) >= 11 is 0. The van der Waals surface area contributed by atoms with Crippen molar-refractivity contribution in [1.29, 1.82) is 0 Å². The Labute approximate surface area is 101 Å². The van der Waals surface area contributed by atoms with Crippen LogP contribution < -0.4 is 10.6 Å². The van der Waals surface area contributed by atoms with Crippen molar-refractivity contribution in [3.63, 3.8) is 0 Å². The molecule has 1 amide bonds. The average Bonchev–Trinajstić information content (AvgIpc) is 2.15. The zero-order valence-electron chi connectivity index (χ0n) is 9.88. The summed E-state index contributed by atoms with van der Waals surface area (Å²) in [6, 6.07) is 6.79. The second kappa shape index (κ2) is 5.18. The van der Waals surface area contributed by atoms with Gasteiger partial charge in [-0.05, 0) is 25.1 Å². The fraction of sp³-hybridized carbons (Fsp3) is 0.364. The van der Waals surface area contributed by atoms with E-state index in [0.717, 1.165) is 6.26 Å². The highest BCUT2D eigenvalue weighted by Crippen LogP contribution is 2.17. The lowest BCUT2D eigenvalue weighted by Crippen LogP contribution is -2.35. The molecule has 0 bridgehead atoms. The summed E-state index contributed by atoms with van der Waals surface area (Å²) < 4.78 is 22.2. The number of sulfone groups is 1. The van der Waals surface area contributed by atoms with Crippen molar-refractivity contribution < 1.29 is 13.2 Å². The fourth-order valence-electron chi connectivity index (χ4n) is 1.50. The van der Waals surface area contributed by atoms with Gasteiger partial charge in [-0.15, -0.1) is 0 Å². The standard InChI is InChI=1S/C11H16N2O3S/c1-3-13(11(14)8-17(2,15)16)10-6-4-5-9(12)7-10/h4-7H,3,8,12H2,1-2H3. The summed E-state index contributed by atoms with van der Waals surface area (Å²) in [7, 11) is -3.32. The number of carbonyl (C=O) groups excluding carboxylic acids is 1. The topological polar surface area (TPSA) is 80.5 Å². The summed E-state index contributed by atoms with van der Waals surface area (Å²) in [5, 5.41) is 0. The van der Waals surface area contributed by atoms with Gasteiger partial charge in [-0.25, -0.2) is 8.42 Å². The van der Waals surface area contributed by atoms with Gasteiger partial charge >= 0.3 is 0 Å². The Bertz CT molecular complexity index is 511. The smallest absolute Gasteiger partial charge is 0.242 e. The zero-order chi connectivity index (χ0) is 13.1. The molecule has 0 saturated carbocycles. The fourth-order valence-corrected chi connectivity index (χ4v) is 2.10. The molecule has 2 N–H and O–H groups in total. The second-order valence-corrected chi connectivity index (χ2v) is 5.94. The molecule has 0 atom stereocenters. The second-order valence-electron chi connectivity index (χ2n) is 3.80. The van der Waals surface area contributed by atoms with Gasteiger partial charge in [0.2, 0.25) is 5.91 Å². The van der Waals surface area contributed by atoms with Crippen LogP contribution in [0.2, 0.25) is 0 Å². The van der Waals surface area contributed by atoms with Crippen molar-refractivity contribution in [3.05, 3.63) is 24.3 Å². The minimum atomic E-state index is -3.32. The lowest BCUT2D eigenvalue weighted by atomic mass is 10.2. The van der Waals surface area contributed by atoms with Crippen LogP contribution in [0.15, 0.2) is 24.3 Å². The molecule has 0 fully saturated rings. The third kappa shape index (κ3) is 4.07. The Hall–Kier alpha value is -1.56. The van der Waals surface area contributed by atoms with Crippen molar-refractivity contribution >= 4 is 27.1 Å². The van der Waals surface area contributed by atoms with Gasteiger partial charge in [-0.3, -0.25) is 4.79 Å². The van der Waals surface area contributed by atoms with Gasteiger partial charge in [0.05, 0.1) is 0 Å². The molecule has 17 heavy (non-hydrogen) atoms. The molecule has 0 aromatic heterocycles. The molecule has 1 aromatic carbocycles. The highest BCUT2D eigenvalue weighted by Gasteiger charge is 2.18. The van der Waals surface area contributed by atoms with Crippen LogP contribution in [0.5, 0.6) is 0 Å². The Balaban J connectivity index is 2.96. The van der Waals surface area contributed by atoms with Crippen LogP contribution in [0.25, 0.3) is 0 Å². The maximum Gasteiger partial charge on any atom is 0.242 e. The van der Waals surface area contributed by atoms with Gasteiger partial charge in [0.1, 0.15) is 5.75 Å². The molecule has 0 spiro atoms. The monoisotopic (exact) mass is 256 g/mol. The normalized spacial score (nSPS) is 11.2. The predicted octanol–water partition coefficient (Wildman–Crippen LogP) is 0.666. The Morgan fingerprint density at radius 2 is 2.06 bits per heavy atom. The molecule has 0 aliphatic rings. The lowest BCUT2D eigenvalue weighted by Gasteiger charge is -2.20. The van der Waals surface area contributed by atoms with E-state index in [0.29, 0.717) is 17.9 Å². The third-order valence-electron chi connectivity index (χ3n) is 2.18. The zero-order valence-corrected chi connectivity index (χ0v) is 10.7. The number of nitrogens with zero attached hydrogens (tertiary/aromatic N) is 1. The van der Waals surface area contributed by atoms with E-state index in [2.05, 4.69) is 0 Å². The summed E-state index contributed by atoms with van der Waals surface area (Å²) in [4.78, 5) is 13.2.